The third-order valence-corrected chi connectivity index (χ3v) is 3.54. The SMILES string of the molecule is COc1ccc(C=Cc2nccc(N3CCOCC3)n2)cc1. The lowest BCUT2D eigenvalue weighted by Crippen LogP contribution is -2.36. The van der Waals surface area contributed by atoms with Crippen molar-refractivity contribution in [3.8, 4) is 5.75 Å². The zero-order chi connectivity index (χ0) is 15.2. The molecule has 0 radical (unpaired) electrons. The molecule has 1 aliphatic rings. The van der Waals surface area contributed by atoms with Crippen molar-refractivity contribution in [3.05, 3.63) is 47.9 Å². The topological polar surface area (TPSA) is 47.5 Å². The van der Waals surface area contributed by atoms with Crippen molar-refractivity contribution in [1.29, 1.82) is 0 Å². The largest absolute Gasteiger partial charge is 0.497 e. The van der Waals surface area contributed by atoms with Crippen LogP contribution in [0.5, 0.6) is 5.75 Å². The first-order valence-electron chi connectivity index (χ1n) is 7.33. The van der Waals surface area contributed by atoms with Crippen molar-refractivity contribution in [1.82, 2.24) is 9.97 Å². The van der Waals surface area contributed by atoms with Gasteiger partial charge in [0.1, 0.15) is 11.6 Å². The summed E-state index contributed by atoms with van der Waals surface area (Å²) in [6, 6.07) is 9.81. The second kappa shape index (κ2) is 7.04. The fourth-order valence-corrected chi connectivity index (χ4v) is 2.30. The maximum Gasteiger partial charge on any atom is 0.154 e. The number of rotatable bonds is 4. The summed E-state index contributed by atoms with van der Waals surface area (Å²) in [6.07, 6.45) is 5.72. The summed E-state index contributed by atoms with van der Waals surface area (Å²) in [5, 5.41) is 0. The summed E-state index contributed by atoms with van der Waals surface area (Å²) in [4.78, 5) is 11.1. The number of aromatic nitrogens is 2. The number of ether oxygens (including phenoxy) is 2. The Labute approximate surface area is 130 Å². The molecular weight excluding hydrogens is 278 g/mol. The molecule has 0 aliphatic carbocycles. The highest BCUT2D eigenvalue weighted by Crippen LogP contribution is 2.15. The van der Waals surface area contributed by atoms with Crippen LogP contribution in [0.3, 0.4) is 0 Å². The van der Waals surface area contributed by atoms with Crippen molar-refractivity contribution < 1.29 is 9.47 Å². The maximum absolute atomic E-state index is 5.37. The van der Waals surface area contributed by atoms with Gasteiger partial charge in [0.15, 0.2) is 5.82 Å². The van der Waals surface area contributed by atoms with Gasteiger partial charge in [-0.25, -0.2) is 9.97 Å². The van der Waals surface area contributed by atoms with Gasteiger partial charge in [-0.2, -0.15) is 0 Å². The summed E-state index contributed by atoms with van der Waals surface area (Å²) >= 11 is 0. The first-order valence-corrected chi connectivity index (χ1v) is 7.33. The van der Waals surface area contributed by atoms with Gasteiger partial charge in [0, 0.05) is 19.3 Å². The molecule has 2 heterocycles. The Morgan fingerprint density at radius 2 is 1.86 bits per heavy atom. The maximum atomic E-state index is 5.37. The molecule has 0 atom stereocenters. The van der Waals surface area contributed by atoms with E-state index in [2.05, 4.69) is 14.9 Å². The summed E-state index contributed by atoms with van der Waals surface area (Å²) in [5.74, 6) is 2.51. The van der Waals surface area contributed by atoms with E-state index in [0.29, 0.717) is 5.82 Å². The fraction of sp³-hybridized carbons (Fsp3) is 0.294. The first kappa shape index (κ1) is 14.5. The molecule has 114 valence electrons. The molecule has 5 nitrogen and oxygen atoms in total. The zero-order valence-corrected chi connectivity index (χ0v) is 12.6. The van der Waals surface area contributed by atoms with E-state index in [1.807, 2.05) is 42.5 Å². The Morgan fingerprint density at radius 3 is 2.59 bits per heavy atom. The van der Waals surface area contributed by atoms with Crippen molar-refractivity contribution >= 4 is 18.0 Å². The quantitative estimate of drug-likeness (QED) is 0.867. The number of morpholine rings is 1. The molecular formula is C17H19N3O2. The van der Waals surface area contributed by atoms with Crippen LogP contribution in [0, 0.1) is 0 Å². The average Bonchev–Trinajstić information content (AvgIpc) is 2.61. The Kier molecular flexibility index (Phi) is 4.65. The molecule has 0 amide bonds. The lowest BCUT2D eigenvalue weighted by Gasteiger charge is -2.27. The van der Waals surface area contributed by atoms with E-state index < -0.39 is 0 Å². The summed E-state index contributed by atoms with van der Waals surface area (Å²) in [6.45, 7) is 3.25. The second-order valence-electron chi connectivity index (χ2n) is 4.98. The van der Waals surface area contributed by atoms with Crippen molar-refractivity contribution in [2.24, 2.45) is 0 Å². The van der Waals surface area contributed by atoms with E-state index in [-0.39, 0.29) is 0 Å². The highest BCUT2D eigenvalue weighted by molar-refractivity contribution is 5.67. The molecule has 1 aromatic carbocycles. The third kappa shape index (κ3) is 3.62. The number of nitrogens with zero attached hydrogens (tertiary/aromatic N) is 3. The molecule has 1 saturated heterocycles. The van der Waals surface area contributed by atoms with Crippen LogP contribution < -0.4 is 9.64 Å². The average molecular weight is 297 g/mol. The van der Waals surface area contributed by atoms with Gasteiger partial charge in [-0.3, -0.25) is 0 Å². The Balaban J connectivity index is 1.72. The molecule has 0 unspecified atom stereocenters. The highest BCUT2D eigenvalue weighted by atomic mass is 16.5. The zero-order valence-electron chi connectivity index (χ0n) is 12.6. The molecule has 3 rings (SSSR count). The molecule has 0 spiro atoms. The molecule has 5 heteroatoms. The summed E-state index contributed by atoms with van der Waals surface area (Å²) in [5.41, 5.74) is 1.08. The Hall–Kier alpha value is -2.40. The monoisotopic (exact) mass is 297 g/mol. The number of anilines is 1. The first-order chi connectivity index (χ1) is 10.8. The normalized spacial score (nSPS) is 15.2. The predicted octanol–water partition coefficient (Wildman–Crippen LogP) is 2.49. The molecule has 22 heavy (non-hydrogen) atoms. The van der Waals surface area contributed by atoms with E-state index in [1.165, 1.54) is 0 Å². The molecule has 1 fully saturated rings. The number of hydrogen-bond acceptors (Lipinski definition) is 5. The van der Waals surface area contributed by atoms with Gasteiger partial charge in [-0.1, -0.05) is 18.2 Å². The number of methoxy groups -OCH3 is 1. The van der Waals surface area contributed by atoms with E-state index in [9.17, 15) is 0 Å². The van der Waals surface area contributed by atoms with Gasteiger partial charge in [-0.15, -0.1) is 0 Å². The molecule has 2 aromatic rings. The van der Waals surface area contributed by atoms with Crippen LogP contribution >= 0.6 is 0 Å². The minimum atomic E-state index is 0.708. The van der Waals surface area contributed by atoms with Gasteiger partial charge >= 0.3 is 0 Å². The molecule has 0 N–H and O–H groups in total. The summed E-state index contributed by atoms with van der Waals surface area (Å²) in [7, 11) is 1.66. The van der Waals surface area contributed by atoms with Crippen molar-refractivity contribution in [2.75, 3.05) is 38.3 Å². The minimum absolute atomic E-state index is 0.708. The van der Waals surface area contributed by atoms with Crippen LogP contribution in [0.15, 0.2) is 36.5 Å². The Morgan fingerprint density at radius 1 is 1.09 bits per heavy atom. The third-order valence-electron chi connectivity index (χ3n) is 3.54. The van der Waals surface area contributed by atoms with Gasteiger partial charge in [0.25, 0.3) is 0 Å². The van der Waals surface area contributed by atoms with Gasteiger partial charge < -0.3 is 14.4 Å². The lowest BCUT2D eigenvalue weighted by molar-refractivity contribution is 0.122. The van der Waals surface area contributed by atoms with Gasteiger partial charge in [0.05, 0.1) is 20.3 Å². The van der Waals surface area contributed by atoms with Gasteiger partial charge in [0.2, 0.25) is 0 Å². The molecule has 1 aliphatic heterocycles. The highest BCUT2D eigenvalue weighted by Gasteiger charge is 2.12. The van der Waals surface area contributed by atoms with E-state index in [1.54, 1.807) is 13.3 Å². The standard InChI is InChI=1S/C17H19N3O2/c1-21-15-5-2-14(3-6-15)4-7-16-18-9-8-17(19-16)20-10-12-22-13-11-20/h2-9H,10-13H2,1H3. The molecule has 0 saturated carbocycles. The molecule has 0 bridgehead atoms. The second-order valence-corrected chi connectivity index (χ2v) is 4.98. The number of benzene rings is 1. The van der Waals surface area contributed by atoms with E-state index in [4.69, 9.17) is 9.47 Å². The van der Waals surface area contributed by atoms with Crippen LogP contribution in [0.25, 0.3) is 12.2 Å². The van der Waals surface area contributed by atoms with Crippen molar-refractivity contribution in [3.63, 3.8) is 0 Å². The van der Waals surface area contributed by atoms with Gasteiger partial charge in [-0.05, 0) is 29.8 Å². The number of hydrogen-bond donors (Lipinski definition) is 0. The van der Waals surface area contributed by atoms with Crippen LogP contribution in [0.4, 0.5) is 5.82 Å². The van der Waals surface area contributed by atoms with E-state index >= 15 is 0 Å². The smallest absolute Gasteiger partial charge is 0.154 e. The van der Waals surface area contributed by atoms with Crippen molar-refractivity contribution in [2.45, 2.75) is 0 Å². The minimum Gasteiger partial charge on any atom is -0.497 e. The van der Waals surface area contributed by atoms with Crippen LogP contribution in [0.1, 0.15) is 11.4 Å². The Bertz CT molecular complexity index is 635. The van der Waals surface area contributed by atoms with E-state index in [0.717, 1.165) is 43.4 Å². The summed E-state index contributed by atoms with van der Waals surface area (Å²) < 4.78 is 10.5. The molecule has 1 aromatic heterocycles. The predicted molar refractivity (Wildman–Crippen MR) is 87.0 cm³/mol. The van der Waals surface area contributed by atoms with Crippen LogP contribution in [-0.2, 0) is 4.74 Å². The lowest BCUT2D eigenvalue weighted by atomic mass is 10.2. The van der Waals surface area contributed by atoms with Crippen LogP contribution in [0.2, 0.25) is 0 Å². The van der Waals surface area contributed by atoms with Crippen LogP contribution in [-0.4, -0.2) is 43.4 Å². The fourth-order valence-electron chi connectivity index (χ4n) is 2.30.